The number of hydrogen-bond donors (Lipinski definition) is 1. The van der Waals surface area contributed by atoms with Gasteiger partial charge in [-0.15, -0.1) is 0 Å². The highest BCUT2D eigenvalue weighted by Gasteiger charge is 2.26. The Labute approximate surface area is 249 Å². The van der Waals surface area contributed by atoms with Crippen LogP contribution >= 0.6 is 0 Å². The number of nitrogens with zero attached hydrogens (tertiary/aromatic N) is 2. The molecule has 0 aliphatic carbocycles. The van der Waals surface area contributed by atoms with E-state index in [1.807, 2.05) is 0 Å². The van der Waals surface area contributed by atoms with Crippen molar-refractivity contribution in [2.45, 2.75) is 148 Å². The maximum atomic E-state index is 10.8. The molecule has 0 aliphatic heterocycles. The lowest BCUT2D eigenvalue weighted by Crippen LogP contribution is -3.00. The number of unbranched alkanes of at least 4 members (excludes halogenated alkanes) is 18. The van der Waals surface area contributed by atoms with E-state index in [2.05, 4.69) is 42.0 Å². The van der Waals surface area contributed by atoms with Crippen LogP contribution < -0.4 is 34.0 Å². The highest BCUT2D eigenvalue weighted by atomic mass is 79.9. The second kappa shape index (κ2) is 27.4. The van der Waals surface area contributed by atoms with Crippen LogP contribution in [0.5, 0.6) is 0 Å². The van der Waals surface area contributed by atoms with Gasteiger partial charge in [0.25, 0.3) is 0 Å². The Morgan fingerprint density at radius 1 is 0.417 bits per heavy atom. The van der Waals surface area contributed by atoms with Gasteiger partial charge in [-0.05, 0) is 25.7 Å². The monoisotopic (exact) mass is 642 g/mol. The number of quaternary nitrogens is 2. The first-order valence-electron chi connectivity index (χ1n) is 15.5. The molecular weight excluding hydrogens is 576 g/mol. The van der Waals surface area contributed by atoms with Gasteiger partial charge in [0, 0.05) is 0 Å². The summed E-state index contributed by atoms with van der Waals surface area (Å²) in [6.07, 6.45) is 27.7. The molecule has 0 unspecified atom stereocenters. The van der Waals surface area contributed by atoms with E-state index >= 15 is 0 Å². The predicted octanol–water partition coefficient (Wildman–Crippen LogP) is 2.35. The molecule has 0 aliphatic rings. The van der Waals surface area contributed by atoms with Crippen LogP contribution in [0.3, 0.4) is 0 Å². The maximum absolute atomic E-state index is 10.8. The van der Waals surface area contributed by atoms with Crippen molar-refractivity contribution in [1.29, 1.82) is 0 Å². The number of hydrogen-bond acceptors (Lipinski definition) is 1. The van der Waals surface area contributed by atoms with E-state index in [-0.39, 0.29) is 40.1 Å². The van der Waals surface area contributed by atoms with Gasteiger partial charge in [0.2, 0.25) is 0 Å². The van der Waals surface area contributed by atoms with Crippen molar-refractivity contribution in [3.63, 3.8) is 0 Å². The van der Waals surface area contributed by atoms with Gasteiger partial charge in [-0.2, -0.15) is 0 Å². The quantitative estimate of drug-likeness (QED) is 0.113. The summed E-state index contributed by atoms with van der Waals surface area (Å²) in [5, 5.41) is 10.8. The molecule has 0 radical (unpaired) electrons. The minimum absolute atomic E-state index is 0. The van der Waals surface area contributed by atoms with Crippen LogP contribution in [0.25, 0.3) is 0 Å². The predicted molar refractivity (Wildman–Crippen MR) is 153 cm³/mol. The molecule has 36 heavy (non-hydrogen) atoms. The topological polar surface area (TPSA) is 20.2 Å². The Kier molecular flexibility index (Phi) is 31.5. The summed E-state index contributed by atoms with van der Waals surface area (Å²) < 4.78 is 1.91. The van der Waals surface area contributed by atoms with Crippen molar-refractivity contribution in [2.75, 3.05) is 54.4 Å². The molecule has 0 amide bonds. The fourth-order valence-corrected chi connectivity index (χ4v) is 5.44. The van der Waals surface area contributed by atoms with E-state index in [9.17, 15) is 5.11 Å². The average molecular weight is 645 g/mol. The van der Waals surface area contributed by atoms with Gasteiger partial charge in [-0.1, -0.05) is 117 Å². The highest BCUT2D eigenvalue weighted by Crippen LogP contribution is 2.14. The molecule has 222 valence electrons. The first-order chi connectivity index (χ1) is 16.2. The van der Waals surface area contributed by atoms with Gasteiger partial charge in [0.05, 0.1) is 41.3 Å². The summed E-state index contributed by atoms with van der Waals surface area (Å²) in [5.74, 6) is 0. The minimum Gasteiger partial charge on any atom is -1.00 e. The van der Waals surface area contributed by atoms with Crippen molar-refractivity contribution in [3.05, 3.63) is 0 Å². The number of aliphatic hydroxyl groups is 1. The normalized spacial score (nSPS) is 12.0. The fraction of sp³-hybridized carbons (Fsp3) is 1.00. The summed E-state index contributed by atoms with van der Waals surface area (Å²) in [4.78, 5) is 0. The first-order valence-corrected chi connectivity index (χ1v) is 15.5. The maximum Gasteiger partial charge on any atom is 0.152 e. The molecule has 0 saturated carbocycles. The summed E-state index contributed by atoms with van der Waals surface area (Å²) in [6.45, 7) is 8.74. The Morgan fingerprint density at radius 3 is 0.889 bits per heavy atom. The molecule has 0 fully saturated rings. The van der Waals surface area contributed by atoms with Crippen LogP contribution in [0.1, 0.15) is 142 Å². The molecule has 0 heterocycles. The number of likely N-dealkylation sites (N-methyl/N-ethyl adjacent to an activating group) is 2. The zero-order valence-corrected chi connectivity index (χ0v) is 28.8. The van der Waals surface area contributed by atoms with Gasteiger partial charge in [-0.25, -0.2) is 0 Å². The summed E-state index contributed by atoms with van der Waals surface area (Å²) in [7, 11) is 9.22. The van der Waals surface area contributed by atoms with Crippen molar-refractivity contribution in [3.8, 4) is 0 Å². The zero-order chi connectivity index (χ0) is 25.5. The first kappa shape index (κ1) is 41.3. The minimum atomic E-state index is -0.198. The second-order valence-corrected chi connectivity index (χ2v) is 12.7. The Balaban J connectivity index is -0.00000544. The van der Waals surface area contributed by atoms with Gasteiger partial charge < -0.3 is 48.0 Å². The van der Waals surface area contributed by atoms with Crippen LogP contribution in [0.15, 0.2) is 0 Å². The van der Waals surface area contributed by atoms with Gasteiger partial charge in [0.1, 0.15) is 13.1 Å². The van der Waals surface area contributed by atoms with Crippen molar-refractivity contribution >= 4 is 0 Å². The molecule has 3 nitrogen and oxygen atoms in total. The SMILES string of the molecule is CCCCCCCCCCCC[N+](C)(C)CC(O)C[N+](C)(C)CCCCCCCCCCCC.[Br-].[Br-]. The van der Waals surface area contributed by atoms with Crippen molar-refractivity contribution in [2.24, 2.45) is 0 Å². The standard InChI is InChI=1S/C31H68N2O.2BrH/c1-7-9-11-13-15-17-19-21-23-25-27-32(3,4)29-31(34)30-33(5,6)28-26-24-22-20-18-16-14-12-10-8-2;;/h31,34H,7-30H2,1-6H3;2*1H/q+2;;/p-2. The van der Waals surface area contributed by atoms with Crippen LogP contribution in [-0.4, -0.2) is 74.5 Å². The lowest BCUT2D eigenvalue weighted by atomic mass is 10.1. The number of rotatable bonds is 26. The van der Waals surface area contributed by atoms with E-state index in [1.54, 1.807) is 0 Å². The largest absolute Gasteiger partial charge is 1.00 e. The molecule has 0 aromatic carbocycles. The van der Waals surface area contributed by atoms with E-state index in [0.717, 1.165) is 22.1 Å². The van der Waals surface area contributed by atoms with Crippen LogP contribution in [0.2, 0.25) is 0 Å². The molecule has 0 atom stereocenters. The average Bonchev–Trinajstić information content (AvgIpc) is 2.75. The zero-order valence-electron chi connectivity index (χ0n) is 25.6. The molecule has 1 N–H and O–H groups in total. The van der Waals surface area contributed by atoms with E-state index < -0.39 is 0 Å². The molecule has 0 bridgehead atoms. The Morgan fingerprint density at radius 2 is 0.639 bits per heavy atom. The number of aliphatic hydroxyl groups excluding tert-OH is 1. The van der Waals surface area contributed by atoms with Crippen LogP contribution in [-0.2, 0) is 0 Å². The Hall–Kier alpha value is 0.840. The van der Waals surface area contributed by atoms with Gasteiger partial charge >= 0.3 is 0 Å². The molecular formula is C31H68Br2N2O. The van der Waals surface area contributed by atoms with E-state index in [4.69, 9.17) is 0 Å². The van der Waals surface area contributed by atoms with Gasteiger partial charge in [0.15, 0.2) is 6.10 Å². The molecule has 0 spiro atoms. The lowest BCUT2D eigenvalue weighted by Gasteiger charge is -2.36. The molecule has 0 aromatic heterocycles. The van der Waals surface area contributed by atoms with E-state index in [1.165, 1.54) is 142 Å². The molecule has 0 rings (SSSR count). The summed E-state index contributed by atoms with van der Waals surface area (Å²) in [5.41, 5.74) is 0. The van der Waals surface area contributed by atoms with Crippen molar-refractivity contribution in [1.82, 2.24) is 0 Å². The van der Waals surface area contributed by atoms with Crippen LogP contribution in [0, 0.1) is 0 Å². The fourth-order valence-electron chi connectivity index (χ4n) is 5.44. The second-order valence-electron chi connectivity index (χ2n) is 12.7. The third-order valence-corrected chi connectivity index (χ3v) is 7.64. The third-order valence-electron chi connectivity index (χ3n) is 7.64. The molecule has 0 aromatic rings. The van der Waals surface area contributed by atoms with Crippen molar-refractivity contribution < 1.29 is 48.0 Å². The van der Waals surface area contributed by atoms with E-state index in [0.29, 0.717) is 0 Å². The van der Waals surface area contributed by atoms with Crippen LogP contribution in [0.4, 0.5) is 0 Å². The van der Waals surface area contributed by atoms with Gasteiger partial charge in [-0.3, -0.25) is 0 Å². The Bertz CT molecular complexity index is 395. The summed E-state index contributed by atoms with van der Waals surface area (Å²) in [6, 6.07) is 0. The lowest BCUT2D eigenvalue weighted by molar-refractivity contribution is -0.914. The third kappa shape index (κ3) is 29.4. The smallest absolute Gasteiger partial charge is 0.152 e. The summed E-state index contributed by atoms with van der Waals surface area (Å²) >= 11 is 0. The molecule has 5 heteroatoms. The highest BCUT2D eigenvalue weighted by molar-refractivity contribution is 4.55. The number of halogens is 2. The molecule has 0 saturated heterocycles.